The average molecular weight is 393 g/mol. The lowest BCUT2D eigenvalue weighted by Gasteiger charge is -2.35. The first-order valence-electron chi connectivity index (χ1n) is 9.22. The number of nitro groups is 1. The van der Waals surface area contributed by atoms with Crippen LogP contribution in [0.2, 0.25) is 0 Å². The normalized spacial score (nSPS) is 25.9. The van der Waals surface area contributed by atoms with Crippen LogP contribution in [-0.2, 0) is 6.42 Å². The van der Waals surface area contributed by atoms with Crippen molar-refractivity contribution in [1.29, 1.82) is 0 Å². The molecule has 2 aliphatic rings. The second kappa shape index (κ2) is 6.51. The van der Waals surface area contributed by atoms with Crippen LogP contribution in [0, 0.1) is 15.5 Å². The molecule has 1 aromatic rings. The van der Waals surface area contributed by atoms with Crippen LogP contribution in [0.15, 0.2) is 12.1 Å². The Bertz CT molecular complexity index is 817. The Morgan fingerprint density at radius 2 is 2.07 bits per heavy atom. The molecule has 0 aromatic heterocycles. The molecule has 9 nitrogen and oxygen atoms in total. The van der Waals surface area contributed by atoms with Gasteiger partial charge in [-0.1, -0.05) is 20.8 Å². The third kappa shape index (κ3) is 3.58. The molecule has 3 atom stereocenters. The van der Waals surface area contributed by atoms with Gasteiger partial charge in [0.05, 0.1) is 23.6 Å². The van der Waals surface area contributed by atoms with Crippen LogP contribution < -0.4 is 15.2 Å². The molecule has 3 N–H and O–H groups in total. The monoisotopic (exact) mass is 393 g/mol. The second-order valence-electron chi connectivity index (χ2n) is 9.20. The first-order valence-corrected chi connectivity index (χ1v) is 9.22. The van der Waals surface area contributed by atoms with Crippen molar-refractivity contribution in [1.82, 2.24) is 4.90 Å². The highest BCUT2D eigenvalue weighted by Gasteiger charge is 2.49. The van der Waals surface area contributed by atoms with E-state index in [1.807, 2.05) is 34.6 Å². The number of nitrogens with zero attached hydrogens (tertiary/aromatic N) is 2. The Morgan fingerprint density at radius 1 is 1.43 bits per heavy atom. The molecule has 2 aliphatic heterocycles. The van der Waals surface area contributed by atoms with Crippen LogP contribution in [0.4, 0.5) is 10.5 Å². The van der Waals surface area contributed by atoms with Gasteiger partial charge in [0.1, 0.15) is 17.5 Å². The first-order chi connectivity index (χ1) is 12.8. The lowest BCUT2D eigenvalue weighted by molar-refractivity contribution is -0.386. The summed E-state index contributed by atoms with van der Waals surface area (Å²) in [5, 5.41) is 21.1. The standard InChI is InChI=1S/C19H27N3O6/c1-18(2,3)16-15(20)14(9-21(16)17(23)24)27-13-7-12-10(6-11(13)22(25)26)8-19(4,5)28-12/h6-7,14-16H,8-9,20H2,1-5H3,(H,23,24). The van der Waals surface area contributed by atoms with Gasteiger partial charge in [-0.05, 0) is 19.3 Å². The summed E-state index contributed by atoms with van der Waals surface area (Å²) in [7, 11) is 0. The summed E-state index contributed by atoms with van der Waals surface area (Å²) >= 11 is 0. The summed E-state index contributed by atoms with van der Waals surface area (Å²) in [5.41, 5.74) is 6.05. The summed E-state index contributed by atoms with van der Waals surface area (Å²) in [6.07, 6.45) is -1.23. The zero-order valence-electron chi connectivity index (χ0n) is 16.8. The number of rotatable bonds is 3. The van der Waals surface area contributed by atoms with Gasteiger partial charge in [-0.3, -0.25) is 15.0 Å². The average Bonchev–Trinajstić information content (AvgIpc) is 3.01. The van der Waals surface area contributed by atoms with E-state index in [1.54, 1.807) is 0 Å². The highest BCUT2D eigenvalue weighted by Crippen LogP contribution is 2.43. The second-order valence-corrected chi connectivity index (χ2v) is 9.20. The summed E-state index contributed by atoms with van der Waals surface area (Å²) in [4.78, 5) is 24.0. The first kappa shape index (κ1) is 20.2. The molecular formula is C19H27N3O6. The zero-order chi connectivity index (χ0) is 21.0. The minimum Gasteiger partial charge on any atom is -0.487 e. The van der Waals surface area contributed by atoms with E-state index in [1.165, 1.54) is 17.0 Å². The molecule has 0 aliphatic carbocycles. The third-order valence-electron chi connectivity index (χ3n) is 5.26. The lowest BCUT2D eigenvalue weighted by Crippen LogP contribution is -2.51. The Morgan fingerprint density at radius 3 is 2.57 bits per heavy atom. The minimum atomic E-state index is -1.09. The van der Waals surface area contributed by atoms with E-state index < -0.39 is 40.2 Å². The molecule has 1 amide bonds. The number of fused-ring (bicyclic) bond motifs is 1. The van der Waals surface area contributed by atoms with Crippen LogP contribution in [-0.4, -0.2) is 51.4 Å². The van der Waals surface area contributed by atoms with Crippen molar-refractivity contribution in [3.05, 3.63) is 27.8 Å². The fourth-order valence-electron chi connectivity index (χ4n) is 4.22. The molecule has 3 rings (SSSR count). The molecule has 1 saturated heterocycles. The lowest BCUT2D eigenvalue weighted by atomic mass is 9.82. The number of benzene rings is 1. The van der Waals surface area contributed by atoms with Gasteiger partial charge >= 0.3 is 11.8 Å². The Hall–Kier alpha value is -2.55. The number of hydrogen-bond acceptors (Lipinski definition) is 6. The topological polar surface area (TPSA) is 128 Å². The number of hydrogen-bond donors (Lipinski definition) is 2. The fraction of sp³-hybridized carbons (Fsp3) is 0.632. The van der Waals surface area contributed by atoms with Gasteiger partial charge in [0.2, 0.25) is 5.75 Å². The number of nitro benzene ring substituents is 1. The van der Waals surface area contributed by atoms with Gasteiger partial charge in [0.15, 0.2) is 0 Å². The van der Waals surface area contributed by atoms with Crippen LogP contribution >= 0.6 is 0 Å². The van der Waals surface area contributed by atoms with Crippen LogP contribution in [0.1, 0.15) is 40.2 Å². The van der Waals surface area contributed by atoms with Crippen molar-refractivity contribution in [3.8, 4) is 11.5 Å². The molecule has 2 heterocycles. The van der Waals surface area contributed by atoms with E-state index in [0.717, 1.165) is 5.56 Å². The third-order valence-corrected chi connectivity index (χ3v) is 5.26. The van der Waals surface area contributed by atoms with Crippen LogP contribution in [0.5, 0.6) is 11.5 Å². The Balaban J connectivity index is 1.94. The zero-order valence-corrected chi connectivity index (χ0v) is 16.8. The van der Waals surface area contributed by atoms with Gasteiger partial charge in [-0.2, -0.15) is 0 Å². The predicted molar refractivity (Wildman–Crippen MR) is 102 cm³/mol. The minimum absolute atomic E-state index is 0.0407. The molecule has 0 spiro atoms. The number of ether oxygens (including phenoxy) is 2. The van der Waals surface area contributed by atoms with E-state index >= 15 is 0 Å². The molecule has 154 valence electrons. The van der Waals surface area contributed by atoms with Crippen molar-refractivity contribution < 1.29 is 24.3 Å². The number of nitrogens with two attached hydrogens (primary N) is 1. The smallest absolute Gasteiger partial charge is 0.407 e. The van der Waals surface area contributed by atoms with E-state index in [9.17, 15) is 20.0 Å². The molecule has 3 unspecified atom stereocenters. The van der Waals surface area contributed by atoms with Crippen molar-refractivity contribution in [2.45, 2.75) is 64.8 Å². The van der Waals surface area contributed by atoms with Crippen LogP contribution in [0.3, 0.4) is 0 Å². The summed E-state index contributed by atoms with van der Waals surface area (Å²) in [5.74, 6) is 0.585. The molecule has 0 radical (unpaired) electrons. The fourth-order valence-corrected chi connectivity index (χ4v) is 4.22. The summed E-state index contributed by atoms with van der Waals surface area (Å²) in [6.45, 7) is 9.58. The maximum absolute atomic E-state index is 11.7. The Labute approximate surface area is 163 Å². The Kier molecular flexibility index (Phi) is 4.69. The van der Waals surface area contributed by atoms with E-state index in [4.69, 9.17) is 15.2 Å². The highest BCUT2D eigenvalue weighted by atomic mass is 16.6. The number of likely N-dealkylation sites (tertiary alicyclic amines) is 1. The largest absolute Gasteiger partial charge is 0.487 e. The van der Waals surface area contributed by atoms with Crippen molar-refractivity contribution in [2.24, 2.45) is 11.1 Å². The maximum atomic E-state index is 11.7. The van der Waals surface area contributed by atoms with Gasteiger partial charge in [0.25, 0.3) is 0 Å². The SMILES string of the molecule is CC1(C)Cc2cc([N+](=O)[O-])c(OC3CN(C(=O)O)C(C(C)(C)C)C3N)cc2O1. The number of carbonyl (C=O) groups is 1. The van der Waals surface area contributed by atoms with Crippen molar-refractivity contribution in [3.63, 3.8) is 0 Å². The summed E-state index contributed by atoms with van der Waals surface area (Å²) < 4.78 is 11.8. The molecule has 28 heavy (non-hydrogen) atoms. The van der Waals surface area contributed by atoms with Gasteiger partial charge in [0, 0.05) is 24.1 Å². The molecule has 0 saturated carbocycles. The molecule has 1 aromatic carbocycles. The summed E-state index contributed by atoms with van der Waals surface area (Å²) in [6, 6.07) is 1.89. The van der Waals surface area contributed by atoms with E-state index in [0.29, 0.717) is 12.2 Å². The molecule has 0 bridgehead atoms. The predicted octanol–water partition coefficient (Wildman–Crippen LogP) is 2.79. The number of carboxylic acid groups (broad SMARTS) is 1. The van der Waals surface area contributed by atoms with E-state index in [-0.39, 0.29) is 18.0 Å². The van der Waals surface area contributed by atoms with Gasteiger partial charge in [-0.15, -0.1) is 0 Å². The molecular weight excluding hydrogens is 366 g/mol. The quantitative estimate of drug-likeness (QED) is 0.597. The van der Waals surface area contributed by atoms with Crippen LogP contribution in [0.25, 0.3) is 0 Å². The van der Waals surface area contributed by atoms with Gasteiger partial charge < -0.3 is 20.3 Å². The van der Waals surface area contributed by atoms with Crippen molar-refractivity contribution >= 4 is 11.8 Å². The maximum Gasteiger partial charge on any atom is 0.407 e. The van der Waals surface area contributed by atoms with Crippen molar-refractivity contribution in [2.75, 3.05) is 6.54 Å². The molecule has 1 fully saturated rings. The number of amides is 1. The van der Waals surface area contributed by atoms with Gasteiger partial charge in [-0.25, -0.2) is 4.79 Å². The molecule has 9 heteroatoms. The van der Waals surface area contributed by atoms with E-state index in [2.05, 4.69) is 0 Å². The highest BCUT2D eigenvalue weighted by molar-refractivity contribution is 5.66.